The van der Waals surface area contributed by atoms with E-state index in [-0.39, 0.29) is 5.12 Å². The minimum atomic E-state index is -0.0303. The Bertz CT molecular complexity index is 292. The highest BCUT2D eigenvalue weighted by molar-refractivity contribution is 9.10. The van der Waals surface area contributed by atoms with Crippen LogP contribution < -0.4 is 0 Å². The van der Waals surface area contributed by atoms with E-state index in [0.29, 0.717) is 0 Å². The van der Waals surface area contributed by atoms with Crippen LogP contribution in [0.25, 0.3) is 0 Å². The summed E-state index contributed by atoms with van der Waals surface area (Å²) < 4.78 is 1.01. The van der Waals surface area contributed by atoms with Crippen LogP contribution in [0.1, 0.15) is 0 Å². The van der Waals surface area contributed by atoms with Gasteiger partial charge in [-0.25, -0.2) is 0 Å². The van der Waals surface area contributed by atoms with Crippen LogP contribution in [0.2, 0.25) is 0 Å². The highest BCUT2D eigenvalue weighted by atomic mass is 79.9. The van der Waals surface area contributed by atoms with Crippen LogP contribution in [-0.2, 0) is 4.79 Å². The van der Waals surface area contributed by atoms with Gasteiger partial charge >= 0.3 is 0 Å². The molecule has 0 saturated heterocycles. The van der Waals surface area contributed by atoms with E-state index < -0.39 is 0 Å². The van der Waals surface area contributed by atoms with E-state index in [1.54, 1.807) is 0 Å². The molecule has 1 aromatic rings. The van der Waals surface area contributed by atoms with Crippen molar-refractivity contribution in [3.8, 4) is 0 Å². The average Bonchev–Trinajstić information content (AvgIpc) is 2.09. The summed E-state index contributed by atoms with van der Waals surface area (Å²) in [6.45, 7) is 3.39. The maximum Gasteiger partial charge on any atom is 0.216 e. The van der Waals surface area contributed by atoms with E-state index in [9.17, 15) is 4.79 Å². The first-order valence-corrected chi connectivity index (χ1v) is 4.93. The zero-order chi connectivity index (χ0) is 8.97. The van der Waals surface area contributed by atoms with Crippen LogP contribution in [0.5, 0.6) is 0 Å². The topological polar surface area (TPSA) is 17.1 Å². The number of thioether (sulfide) groups is 1. The third-order valence-electron chi connectivity index (χ3n) is 1.20. The predicted octanol–water partition coefficient (Wildman–Crippen LogP) is 3.25. The number of carbonyl (C=O) groups excluding carboxylic acids is 1. The number of rotatable bonds is 2. The summed E-state index contributed by atoms with van der Waals surface area (Å²) in [4.78, 5) is 11.8. The monoisotopic (exact) mass is 242 g/mol. The quantitative estimate of drug-likeness (QED) is 0.585. The van der Waals surface area contributed by atoms with Crippen LogP contribution in [0.4, 0.5) is 0 Å². The first-order valence-electron chi connectivity index (χ1n) is 3.32. The van der Waals surface area contributed by atoms with Crippen molar-refractivity contribution in [2.75, 3.05) is 0 Å². The second-order valence-corrected chi connectivity index (χ2v) is 4.07. The Labute approximate surface area is 84.0 Å². The molecule has 12 heavy (non-hydrogen) atoms. The standard InChI is InChI=1S/C9H7BrOS/c1-2-9(11)12-8-5-3-7(10)4-6-8/h2-6H,1H2. The summed E-state index contributed by atoms with van der Waals surface area (Å²) in [7, 11) is 0. The van der Waals surface area contributed by atoms with Gasteiger partial charge in [-0.15, -0.1) is 0 Å². The highest BCUT2D eigenvalue weighted by Crippen LogP contribution is 2.21. The number of benzene rings is 1. The molecule has 0 fully saturated rings. The second-order valence-electron chi connectivity index (χ2n) is 2.08. The molecule has 1 rings (SSSR count). The molecule has 0 atom stereocenters. The van der Waals surface area contributed by atoms with Gasteiger partial charge in [0.15, 0.2) is 0 Å². The molecule has 0 aromatic heterocycles. The van der Waals surface area contributed by atoms with Crippen LogP contribution in [0, 0.1) is 0 Å². The molecule has 0 N–H and O–H groups in total. The lowest BCUT2D eigenvalue weighted by Crippen LogP contribution is -1.82. The van der Waals surface area contributed by atoms with Crippen molar-refractivity contribution >= 4 is 32.8 Å². The number of hydrogen-bond acceptors (Lipinski definition) is 2. The maximum atomic E-state index is 10.9. The van der Waals surface area contributed by atoms with Gasteiger partial charge in [0.1, 0.15) is 0 Å². The number of carbonyl (C=O) groups is 1. The molecule has 1 aromatic carbocycles. The van der Waals surface area contributed by atoms with Gasteiger partial charge in [-0.1, -0.05) is 22.5 Å². The Morgan fingerprint density at radius 3 is 2.50 bits per heavy atom. The molecule has 0 radical (unpaired) electrons. The molecule has 0 saturated carbocycles. The lowest BCUT2D eigenvalue weighted by Gasteiger charge is -1.95. The van der Waals surface area contributed by atoms with Crippen LogP contribution in [-0.4, -0.2) is 5.12 Å². The lowest BCUT2D eigenvalue weighted by molar-refractivity contribution is -0.107. The minimum Gasteiger partial charge on any atom is -0.282 e. The molecule has 0 aliphatic heterocycles. The van der Waals surface area contributed by atoms with E-state index in [2.05, 4.69) is 22.5 Å². The van der Waals surface area contributed by atoms with E-state index in [1.807, 2.05) is 24.3 Å². The van der Waals surface area contributed by atoms with Gasteiger partial charge in [0.2, 0.25) is 5.12 Å². The Balaban J connectivity index is 2.71. The highest BCUT2D eigenvalue weighted by Gasteiger charge is 1.98. The van der Waals surface area contributed by atoms with Crippen molar-refractivity contribution < 1.29 is 4.79 Å². The van der Waals surface area contributed by atoms with Gasteiger partial charge in [-0.2, -0.15) is 0 Å². The molecular weight excluding hydrogens is 236 g/mol. The van der Waals surface area contributed by atoms with E-state index in [4.69, 9.17) is 0 Å². The molecule has 0 amide bonds. The summed E-state index contributed by atoms with van der Waals surface area (Å²) in [6, 6.07) is 7.57. The van der Waals surface area contributed by atoms with Crippen LogP contribution in [0.3, 0.4) is 0 Å². The third kappa shape index (κ3) is 2.83. The summed E-state index contributed by atoms with van der Waals surface area (Å²) in [5.41, 5.74) is 0. The summed E-state index contributed by atoms with van der Waals surface area (Å²) in [5.74, 6) is 0. The molecule has 0 unspecified atom stereocenters. The summed E-state index contributed by atoms with van der Waals surface area (Å²) in [5, 5.41) is -0.0303. The third-order valence-corrected chi connectivity index (χ3v) is 2.60. The van der Waals surface area contributed by atoms with Gasteiger partial charge in [0.25, 0.3) is 0 Å². The molecule has 62 valence electrons. The minimum absolute atomic E-state index is 0.0303. The SMILES string of the molecule is C=CC(=O)Sc1ccc(Br)cc1. The zero-order valence-electron chi connectivity index (χ0n) is 6.29. The first-order chi connectivity index (χ1) is 5.72. The Morgan fingerprint density at radius 1 is 1.42 bits per heavy atom. The summed E-state index contributed by atoms with van der Waals surface area (Å²) >= 11 is 4.49. The van der Waals surface area contributed by atoms with E-state index >= 15 is 0 Å². The molecule has 0 aliphatic carbocycles. The van der Waals surface area contributed by atoms with Gasteiger partial charge in [0.05, 0.1) is 0 Å². The molecule has 0 spiro atoms. The van der Waals surface area contributed by atoms with E-state index in [0.717, 1.165) is 9.37 Å². The zero-order valence-corrected chi connectivity index (χ0v) is 8.69. The Hall–Kier alpha value is -0.540. The van der Waals surface area contributed by atoms with Crippen LogP contribution >= 0.6 is 27.7 Å². The second kappa shape index (κ2) is 4.48. The van der Waals surface area contributed by atoms with Gasteiger partial charge < -0.3 is 0 Å². The number of hydrogen-bond donors (Lipinski definition) is 0. The normalized spacial score (nSPS) is 9.42. The fourth-order valence-electron chi connectivity index (χ4n) is 0.660. The fraction of sp³-hybridized carbons (Fsp3) is 0. The predicted molar refractivity (Wildman–Crippen MR) is 55.2 cm³/mol. The Kier molecular flexibility index (Phi) is 3.56. The molecule has 1 nitrogen and oxygen atoms in total. The van der Waals surface area contributed by atoms with Gasteiger partial charge in [-0.3, -0.25) is 4.79 Å². The summed E-state index contributed by atoms with van der Waals surface area (Å²) in [6.07, 6.45) is 1.31. The lowest BCUT2D eigenvalue weighted by atomic mass is 10.4. The molecule has 0 aliphatic rings. The molecular formula is C9H7BrOS. The largest absolute Gasteiger partial charge is 0.282 e. The fourth-order valence-corrected chi connectivity index (χ4v) is 1.51. The number of halogens is 1. The smallest absolute Gasteiger partial charge is 0.216 e. The van der Waals surface area contributed by atoms with Crippen LogP contribution in [0.15, 0.2) is 46.3 Å². The Morgan fingerprint density at radius 2 is 2.00 bits per heavy atom. The maximum absolute atomic E-state index is 10.9. The van der Waals surface area contributed by atoms with Gasteiger partial charge in [-0.05, 0) is 42.1 Å². The van der Waals surface area contributed by atoms with Crippen molar-refractivity contribution in [1.29, 1.82) is 0 Å². The average molecular weight is 243 g/mol. The van der Waals surface area contributed by atoms with Crippen molar-refractivity contribution in [1.82, 2.24) is 0 Å². The first kappa shape index (κ1) is 9.55. The van der Waals surface area contributed by atoms with Crippen molar-refractivity contribution in [3.05, 3.63) is 41.4 Å². The van der Waals surface area contributed by atoms with Crippen molar-refractivity contribution in [2.24, 2.45) is 0 Å². The molecule has 0 bridgehead atoms. The van der Waals surface area contributed by atoms with E-state index in [1.165, 1.54) is 17.8 Å². The van der Waals surface area contributed by atoms with Crippen molar-refractivity contribution in [2.45, 2.75) is 4.90 Å². The van der Waals surface area contributed by atoms with Crippen molar-refractivity contribution in [3.63, 3.8) is 0 Å². The van der Waals surface area contributed by atoms with Gasteiger partial charge in [0, 0.05) is 9.37 Å². The molecule has 3 heteroatoms. The molecule has 0 heterocycles.